The normalized spacial score (nSPS) is 18.3. The number of phenolic OH excluding ortho intramolecular Hbond substituents is 2. The van der Waals surface area contributed by atoms with Crippen LogP contribution in [0.3, 0.4) is 0 Å². The average Bonchev–Trinajstić information content (AvgIpc) is 2.45. The second kappa shape index (κ2) is 6.45. The largest absolute Gasteiger partial charge is 0.508 e. The van der Waals surface area contributed by atoms with Gasteiger partial charge in [0.1, 0.15) is 17.5 Å². The number of benzene rings is 1. The van der Waals surface area contributed by atoms with Gasteiger partial charge in [-0.2, -0.15) is 0 Å². The van der Waals surface area contributed by atoms with Gasteiger partial charge in [-0.25, -0.2) is 0 Å². The number of hydrogen-bond donors (Lipinski definition) is 4. The van der Waals surface area contributed by atoms with E-state index in [0.717, 1.165) is 6.07 Å². The van der Waals surface area contributed by atoms with Crippen LogP contribution in [0.4, 0.5) is 0 Å². The molecular weight excluding hydrogens is 274 g/mol. The number of aromatic hydroxyl groups is 2. The molecule has 1 saturated heterocycles. The van der Waals surface area contributed by atoms with Gasteiger partial charge in [-0.15, -0.1) is 0 Å². The molecule has 1 aromatic carbocycles. The molecule has 114 valence electrons. The zero-order chi connectivity index (χ0) is 15.4. The van der Waals surface area contributed by atoms with Gasteiger partial charge >= 0.3 is 0 Å². The minimum Gasteiger partial charge on any atom is -0.508 e. The summed E-state index contributed by atoms with van der Waals surface area (Å²) in [5.41, 5.74) is 0.156. The number of hydrogen-bond acceptors (Lipinski definition) is 5. The Morgan fingerprint density at radius 3 is 2.62 bits per heavy atom. The minimum atomic E-state index is -0.601. The van der Waals surface area contributed by atoms with Crippen molar-refractivity contribution in [1.29, 1.82) is 0 Å². The molecule has 1 aromatic rings. The highest BCUT2D eigenvalue weighted by molar-refractivity contribution is 5.98. The standard InChI is InChI=1S/C14H19N3O4/c1-2-16-13(20)12-8-15-3-4-17(12)14(21)9-5-10(18)7-11(19)6-9/h5-7,12,15,18-19H,2-4,8H2,1H3,(H,16,20). The molecular formula is C14H19N3O4. The number of rotatable bonds is 3. The van der Waals surface area contributed by atoms with Crippen molar-refractivity contribution in [3.8, 4) is 11.5 Å². The van der Waals surface area contributed by atoms with Crippen molar-refractivity contribution in [3.05, 3.63) is 23.8 Å². The third kappa shape index (κ3) is 3.43. The molecule has 21 heavy (non-hydrogen) atoms. The summed E-state index contributed by atoms with van der Waals surface area (Å²) >= 11 is 0. The molecule has 1 unspecified atom stereocenters. The van der Waals surface area contributed by atoms with Gasteiger partial charge in [0.15, 0.2) is 0 Å². The topological polar surface area (TPSA) is 102 Å². The zero-order valence-electron chi connectivity index (χ0n) is 11.8. The maximum atomic E-state index is 12.5. The molecule has 1 atom stereocenters. The fourth-order valence-electron chi connectivity index (χ4n) is 2.36. The van der Waals surface area contributed by atoms with E-state index in [-0.39, 0.29) is 28.9 Å². The molecule has 0 radical (unpaired) electrons. The van der Waals surface area contributed by atoms with Crippen molar-refractivity contribution in [2.24, 2.45) is 0 Å². The van der Waals surface area contributed by atoms with E-state index >= 15 is 0 Å². The summed E-state index contributed by atoms with van der Waals surface area (Å²) in [4.78, 5) is 26.0. The number of carbonyl (C=O) groups is 2. The van der Waals surface area contributed by atoms with Gasteiger partial charge in [-0.05, 0) is 19.1 Å². The molecule has 0 saturated carbocycles. The van der Waals surface area contributed by atoms with Crippen LogP contribution in [0.1, 0.15) is 17.3 Å². The predicted octanol–water partition coefficient (Wildman–Crippen LogP) is -0.352. The zero-order valence-corrected chi connectivity index (χ0v) is 11.8. The van der Waals surface area contributed by atoms with Gasteiger partial charge in [0.25, 0.3) is 5.91 Å². The Balaban J connectivity index is 2.24. The second-order valence-electron chi connectivity index (χ2n) is 4.85. The van der Waals surface area contributed by atoms with Crippen LogP contribution in [0, 0.1) is 0 Å². The Kier molecular flexibility index (Phi) is 4.64. The summed E-state index contributed by atoms with van der Waals surface area (Å²) in [5, 5.41) is 24.7. The lowest BCUT2D eigenvalue weighted by Crippen LogP contribution is -2.59. The monoisotopic (exact) mass is 293 g/mol. The highest BCUT2D eigenvalue weighted by Crippen LogP contribution is 2.22. The number of amides is 2. The molecule has 2 amide bonds. The van der Waals surface area contributed by atoms with Crippen LogP contribution in [-0.4, -0.2) is 59.1 Å². The maximum Gasteiger partial charge on any atom is 0.254 e. The third-order valence-corrected chi connectivity index (χ3v) is 3.31. The molecule has 0 bridgehead atoms. The molecule has 0 aromatic heterocycles. The molecule has 0 spiro atoms. The van der Waals surface area contributed by atoms with Gasteiger partial charge in [0.05, 0.1) is 0 Å². The van der Waals surface area contributed by atoms with Gasteiger partial charge in [-0.1, -0.05) is 0 Å². The fraction of sp³-hybridized carbons (Fsp3) is 0.429. The van der Waals surface area contributed by atoms with Crippen molar-refractivity contribution in [2.45, 2.75) is 13.0 Å². The Morgan fingerprint density at radius 2 is 2.00 bits per heavy atom. The van der Waals surface area contributed by atoms with Crippen LogP contribution in [-0.2, 0) is 4.79 Å². The summed E-state index contributed by atoms with van der Waals surface area (Å²) in [7, 11) is 0. The lowest BCUT2D eigenvalue weighted by molar-refractivity contribution is -0.126. The molecule has 2 rings (SSSR count). The molecule has 1 aliphatic heterocycles. The molecule has 0 aliphatic carbocycles. The van der Waals surface area contributed by atoms with Crippen molar-refractivity contribution >= 4 is 11.8 Å². The summed E-state index contributed by atoms with van der Waals surface area (Å²) in [6.45, 7) is 3.66. The first-order valence-electron chi connectivity index (χ1n) is 6.85. The van der Waals surface area contributed by atoms with Crippen LogP contribution >= 0.6 is 0 Å². The van der Waals surface area contributed by atoms with E-state index in [9.17, 15) is 19.8 Å². The van der Waals surface area contributed by atoms with Crippen molar-refractivity contribution in [2.75, 3.05) is 26.2 Å². The Hall–Kier alpha value is -2.28. The molecule has 7 nitrogen and oxygen atoms in total. The molecule has 1 fully saturated rings. The Labute approximate surface area is 122 Å². The van der Waals surface area contributed by atoms with Crippen molar-refractivity contribution in [3.63, 3.8) is 0 Å². The summed E-state index contributed by atoms with van der Waals surface area (Å²) in [6.07, 6.45) is 0. The van der Waals surface area contributed by atoms with Crippen molar-refractivity contribution in [1.82, 2.24) is 15.5 Å². The highest BCUT2D eigenvalue weighted by atomic mass is 16.3. The van der Waals surface area contributed by atoms with Crippen LogP contribution in [0.5, 0.6) is 11.5 Å². The van der Waals surface area contributed by atoms with Crippen molar-refractivity contribution < 1.29 is 19.8 Å². The predicted molar refractivity (Wildman–Crippen MR) is 76.1 cm³/mol. The lowest BCUT2D eigenvalue weighted by atomic mass is 10.1. The first kappa shape index (κ1) is 15.1. The number of nitrogens with zero attached hydrogens (tertiary/aromatic N) is 1. The van der Waals surface area contributed by atoms with Gasteiger partial charge in [0, 0.05) is 37.8 Å². The number of piperazine rings is 1. The van der Waals surface area contributed by atoms with E-state index in [2.05, 4.69) is 10.6 Å². The number of nitrogens with one attached hydrogen (secondary N) is 2. The quantitative estimate of drug-likeness (QED) is 0.610. The Bertz CT molecular complexity index is 527. The number of likely N-dealkylation sites (N-methyl/N-ethyl adjacent to an activating group) is 1. The van der Waals surface area contributed by atoms with Crippen LogP contribution in [0.25, 0.3) is 0 Å². The third-order valence-electron chi connectivity index (χ3n) is 3.31. The van der Waals surface area contributed by atoms with E-state index in [1.807, 2.05) is 6.92 Å². The first-order chi connectivity index (χ1) is 10.0. The van der Waals surface area contributed by atoms with Gasteiger partial charge < -0.3 is 25.7 Å². The minimum absolute atomic E-state index is 0.156. The van der Waals surface area contributed by atoms with E-state index < -0.39 is 6.04 Å². The fourth-order valence-corrected chi connectivity index (χ4v) is 2.36. The Morgan fingerprint density at radius 1 is 1.33 bits per heavy atom. The van der Waals surface area contributed by atoms with Gasteiger partial charge in [-0.3, -0.25) is 9.59 Å². The number of carbonyl (C=O) groups excluding carboxylic acids is 2. The average molecular weight is 293 g/mol. The lowest BCUT2D eigenvalue weighted by Gasteiger charge is -2.35. The summed E-state index contributed by atoms with van der Waals surface area (Å²) in [6, 6.07) is 3.10. The van der Waals surface area contributed by atoms with Crippen LogP contribution < -0.4 is 10.6 Å². The molecule has 1 heterocycles. The molecule has 4 N–H and O–H groups in total. The van der Waals surface area contributed by atoms with Crippen LogP contribution in [0.2, 0.25) is 0 Å². The van der Waals surface area contributed by atoms with E-state index in [1.54, 1.807) is 0 Å². The smallest absolute Gasteiger partial charge is 0.254 e. The SMILES string of the molecule is CCNC(=O)C1CNCCN1C(=O)c1cc(O)cc(O)c1. The second-order valence-corrected chi connectivity index (χ2v) is 4.85. The van der Waals surface area contributed by atoms with Crippen LogP contribution in [0.15, 0.2) is 18.2 Å². The molecule has 7 heteroatoms. The number of phenols is 2. The van der Waals surface area contributed by atoms with Gasteiger partial charge in [0.2, 0.25) is 5.91 Å². The van der Waals surface area contributed by atoms with E-state index in [1.165, 1.54) is 17.0 Å². The van der Waals surface area contributed by atoms with E-state index in [0.29, 0.717) is 26.2 Å². The first-order valence-corrected chi connectivity index (χ1v) is 6.85. The maximum absolute atomic E-state index is 12.5. The highest BCUT2D eigenvalue weighted by Gasteiger charge is 2.32. The summed E-state index contributed by atoms with van der Waals surface area (Å²) in [5.74, 6) is -0.993. The van der Waals surface area contributed by atoms with E-state index in [4.69, 9.17) is 0 Å². The molecule has 1 aliphatic rings. The summed E-state index contributed by atoms with van der Waals surface area (Å²) < 4.78 is 0.